The molecule has 0 aliphatic carbocycles. The van der Waals surface area contributed by atoms with E-state index in [-0.39, 0.29) is 25.4 Å². The lowest BCUT2D eigenvalue weighted by Gasteiger charge is -2.29. The maximum atomic E-state index is 13.1. The minimum Gasteiger partial charge on any atom is -0.497 e. The van der Waals surface area contributed by atoms with Crippen molar-refractivity contribution in [3.63, 3.8) is 0 Å². The third-order valence-corrected chi connectivity index (χ3v) is 7.70. The number of nitrogens with zero attached hydrogens (tertiary/aromatic N) is 2. The number of fused-ring (bicyclic) bond motifs is 1. The van der Waals surface area contributed by atoms with Gasteiger partial charge in [0.2, 0.25) is 0 Å². The Morgan fingerprint density at radius 2 is 1.70 bits per heavy atom. The molecule has 2 atom stereocenters. The van der Waals surface area contributed by atoms with Gasteiger partial charge in [-0.3, -0.25) is 4.79 Å². The number of nitrogens with one attached hydrogen (secondary N) is 1. The lowest BCUT2D eigenvalue weighted by Crippen LogP contribution is -2.43. The molecule has 0 bridgehead atoms. The molecular weight excluding hydrogens is 649 g/mol. The Morgan fingerprint density at radius 1 is 0.957 bits per heavy atom. The number of hydrogen-bond donors (Lipinski definition) is 1. The zero-order chi connectivity index (χ0) is 34.3. The van der Waals surface area contributed by atoms with Crippen molar-refractivity contribution in [1.29, 1.82) is 0 Å². The molecule has 11 nitrogen and oxygen atoms in total. The lowest BCUT2D eigenvalue weighted by molar-refractivity contribution is -0.145. The van der Waals surface area contributed by atoms with E-state index in [1.165, 1.54) is 7.11 Å². The van der Waals surface area contributed by atoms with E-state index < -0.39 is 29.9 Å². The maximum absolute atomic E-state index is 13.1. The van der Waals surface area contributed by atoms with Crippen molar-refractivity contribution < 1.29 is 38.0 Å². The van der Waals surface area contributed by atoms with Gasteiger partial charge in [0.05, 0.1) is 45.9 Å². The van der Waals surface area contributed by atoms with Crippen LogP contribution in [0.15, 0.2) is 59.7 Å². The van der Waals surface area contributed by atoms with Crippen LogP contribution in [-0.4, -0.2) is 57.5 Å². The second-order valence-corrected chi connectivity index (χ2v) is 12.2. The first kappa shape index (κ1) is 35.7. The molecule has 1 N–H and O–H groups in total. The average molecular weight is 689 g/mol. The summed E-state index contributed by atoms with van der Waals surface area (Å²) in [5, 5.41) is 5.28. The number of hydrogen-bond acceptors (Lipinski definition) is 9. The second kappa shape index (κ2) is 15.6. The van der Waals surface area contributed by atoms with Gasteiger partial charge < -0.3 is 33.3 Å². The predicted octanol–water partition coefficient (Wildman–Crippen LogP) is 7.31. The number of hydrazone groups is 1. The third-order valence-electron chi connectivity index (χ3n) is 7.06. The van der Waals surface area contributed by atoms with E-state index in [4.69, 9.17) is 51.6 Å². The molecule has 0 fully saturated rings. The van der Waals surface area contributed by atoms with Gasteiger partial charge in [0.15, 0.2) is 5.84 Å². The van der Waals surface area contributed by atoms with Crippen molar-refractivity contribution in [2.24, 2.45) is 5.10 Å². The molecule has 4 rings (SSSR count). The average Bonchev–Trinajstić information content (AvgIpc) is 3.13. The van der Waals surface area contributed by atoms with Gasteiger partial charge in [-0.05, 0) is 64.1 Å². The highest BCUT2D eigenvalue weighted by Gasteiger charge is 2.38. The lowest BCUT2D eigenvalue weighted by atomic mass is 9.98. The number of amides is 1. The number of anilines is 1. The number of carbonyl (C=O) groups excluding carboxylic acids is 2. The second-order valence-electron chi connectivity index (χ2n) is 11.4. The van der Waals surface area contributed by atoms with Gasteiger partial charge in [-0.25, -0.2) is 10.2 Å². The van der Waals surface area contributed by atoms with E-state index in [9.17, 15) is 9.59 Å². The molecule has 0 unspecified atom stereocenters. The van der Waals surface area contributed by atoms with Crippen molar-refractivity contribution in [2.45, 2.75) is 58.5 Å². The molecule has 47 heavy (non-hydrogen) atoms. The Morgan fingerprint density at radius 3 is 2.36 bits per heavy atom. The number of methoxy groups -OCH3 is 3. The van der Waals surface area contributed by atoms with Gasteiger partial charge >= 0.3 is 12.1 Å². The Balaban J connectivity index is 1.99. The van der Waals surface area contributed by atoms with Gasteiger partial charge in [-0.15, -0.1) is 0 Å². The van der Waals surface area contributed by atoms with Gasteiger partial charge in [-0.1, -0.05) is 35.3 Å². The van der Waals surface area contributed by atoms with Crippen LogP contribution in [0, 0.1) is 0 Å². The van der Waals surface area contributed by atoms with Crippen LogP contribution < -0.4 is 24.5 Å². The molecule has 3 aromatic carbocycles. The molecule has 1 amide bonds. The number of halogens is 2. The summed E-state index contributed by atoms with van der Waals surface area (Å²) >= 11 is 13.5. The highest BCUT2D eigenvalue weighted by atomic mass is 35.5. The number of amidine groups is 1. The topological polar surface area (TPSA) is 117 Å². The van der Waals surface area contributed by atoms with Crippen LogP contribution in [0.25, 0.3) is 0 Å². The van der Waals surface area contributed by atoms with Gasteiger partial charge in [0.1, 0.15) is 35.1 Å². The Kier molecular flexibility index (Phi) is 11.8. The van der Waals surface area contributed by atoms with Crippen LogP contribution in [0.4, 0.5) is 10.5 Å². The summed E-state index contributed by atoms with van der Waals surface area (Å²) < 4.78 is 34.2. The van der Waals surface area contributed by atoms with Crippen molar-refractivity contribution in [3.8, 4) is 17.2 Å². The molecule has 0 spiro atoms. The molecule has 13 heteroatoms. The number of ether oxygens (including phenoxy) is 6. The normalized spacial score (nSPS) is 17.0. The fourth-order valence-corrected chi connectivity index (χ4v) is 5.55. The third kappa shape index (κ3) is 8.79. The van der Waals surface area contributed by atoms with Crippen LogP contribution in [-0.2, 0) is 25.5 Å². The predicted molar refractivity (Wildman–Crippen MR) is 180 cm³/mol. The molecule has 0 radical (unpaired) electrons. The molecule has 0 saturated carbocycles. The van der Waals surface area contributed by atoms with Crippen LogP contribution in [0.5, 0.6) is 17.2 Å². The van der Waals surface area contributed by atoms with Crippen LogP contribution >= 0.6 is 23.2 Å². The molecule has 0 saturated heterocycles. The van der Waals surface area contributed by atoms with Gasteiger partial charge in [0, 0.05) is 33.5 Å². The van der Waals surface area contributed by atoms with E-state index in [1.807, 2.05) is 17.0 Å². The van der Waals surface area contributed by atoms with Crippen LogP contribution in [0.3, 0.4) is 0 Å². The quantitative estimate of drug-likeness (QED) is 0.173. The molecule has 0 aromatic heterocycles. The van der Waals surface area contributed by atoms with E-state index >= 15 is 0 Å². The Labute approximate surface area is 284 Å². The van der Waals surface area contributed by atoms with Gasteiger partial charge in [0.25, 0.3) is 0 Å². The van der Waals surface area contributed by atoms with E-state index in [2.05, 4.69) is 10.5 Å². The van der Waals surface area contributed by atoms with Crippen LogP contribution in [0.2, 0.25) is 10.0 Å². The highest BCUT2D eigenvalue weighted by Crippen LogP contribution is 2.45. The largest absolute Gasteiger partial charge is 0.497 e. The molecule has 1 aliphatic rings. The number of esters is 1. The monoisotopic (exact) mass is 687 g/mol. The summed E-state index contributed by atoms with van der Waals surface area (Å²) in [6, 6.07) is 16.1. The zero-order valence-corrected chi connectivity index (χ0v) is 28.9. The summed E-state index contributed by atoms with van der Waals surface area (Å²) in [6.45, 7) is 7.25. The highest BCUT2D eigenvalue weighted by molar-refractivity contribution is 6.33. The zero-order valence-electron chi connectivity index (χ0n) is 27.4. The summed E-state index contributed by atoms with van der Waals surface area (Å²) in [6.07, 6.45) is -2.97. The fraction of sp³-hybridized carbons (Fsp3) is 0.382. The summed E-state index contributed by atoms with van der Waals surface area (Å²) in [5.74, 6) is 1.22. The van der Waals surface area contributed by atoms with Crippen LogP contribution in [0.1, 0.15) is 56.9 Å². The minimum absolute atomic E-state index is 0.155. The number of carbonyl (C=O) groups is 2. The molecule has 3 aromatic rings. The van der Waals surface area contributed by atoms with E-state index in [0.717, 1.165) is 5.56 Å². The van der Waals surface area contributed by atoms with Crippen molar-refractivity contribution in [2.75, 3.05) is 32.8 Å². The first-order chi connectivity index (χ1) is 22.4. The SMILES string of the molecule is CCOC(=O)C[C@H]1O[C@H](c2cccc(OC)c2Cl)c2cc(Cl)ccc2N(Cc2ccc(OC)cc2OC)/C1=N\NC(=O)OC(C)(C)C. The van der Waals surface area contributed by atoms with E-state index in [1.54, 1.807) is 84.4 Å². The van der Waals surface area contributed by atoms with Gasteiger partial charge in [-0.2, -0.15) is 5.10 Å². The molecule has 1 heterocycles. The smallest absolute Gasteiger partial charge is 0.428 e. The fourth-order valence-electron chi connectivity index (χ4n) is 5.07. The maximum Gasteiger partial charge on any atom is 0.428 e. The minimum atomic E-state index is -1.06. The Hall–Kier alpha value is -4.19. The first-order valence-electron chi connectivity index (χ1n) is 14.9. The molecule has 252 valence electrons. The summed E-state index contributed by atoms with van der Waals surface area (Å²) in [5.41, 5.74) is 4.25. The standard InChI is InChI=1S/C34H39Cl2N3O8/c1-8-45-29(40)18-28-32(37-38-33(41)47-34(2,3)4)39(19-20-12-14-22(42-5)17-27(20)44-7)25-15-13-21(35)16-24(25)31(46-28)23-10-9-11-26(43-6)30(23)36/h9-17,28,31H,8,18-19H2,1-7H3,(H,38,41)/b37-32-/t28-,31-/m1/s1. The summed E-state index contributed by atoms with van der Waals surface area (Å²) in [7, 11) is 4.64. The molecule has 1 aliphatic heterocycles. The van der Waals surface area contributed by atoms with E-state index in [0.29, 0.717) is 44.1 Å². The number of benzene rings is 3. The van der Waals surface area contributed by atoms with Crippen molar-refractivity contribution in [1.82, 2.24) is 5.43 Å². The van der Waals surface area contributed by atoms with Crippen molar-refractivity contribution in [3.05, 3.63) is 81.3 Å². The first-order valence-corrected chi connectivity index (χ1v) is 15.6. The Bertz CT molecular complexity index is 1630. The van der Waals surface area contributed by atoms with Crippen molar-refractivity contribution >= 4 is 46.8 Å². The summed E-state index contributed by atoms with van der Waals surface area (Å²) in [4.78, 5) is 27.8. The number of rotatable bonds is 10. The molecular formula is C34H39Cl2N3O8.